The predicted octanol–water partition coefficient (Wildman–Crippen LogP) is 0.941. The second kappa shape index (κ2) is 7.32. The van der Waals surface area contributed by atoms with Gasteiger partial charge in [-0.1, -0.05) is 0 Å². The standard InChI is InChI=1S/C21H26N8O/c1-14-4-15(2)29(25-14)20-6-19(22-13-23-20)28-11-17-9-27(10-18(17)12-28)8-16-5-21(30)26(3)24-7-16/h4-7,13,17-18H,8-12H2,1-3H3. The van der Waals surface area contributed by atoms with Crippen molar-refractivity contribution in [3.05, 3.63) is 58.0 Å². The maximum atomic E-state index is 11.8. The molecule has 0 saturated carbocycles. The Kier molecular flexibility index (Phi) is 4.62. The van der Waals surface area contributed by atoms with Gasteiger partial charge in [0.15, 0.2) is 5.82 Å². The number of aromatic nitrogens is 6. The summed E-state index contributed by atoms with van der Waals surface area (Å²) in [6.45, 7) is 8.85. The van der Waals surface area contributed by atoms with Crippen LogP contribution in [0.25, 0.3) is 5.82 Å². The molecule has 0 N–H and O–H groups in total. The molecule has 0 spiro atoms. The minimum absolute atomic E-state index is 0.0553. The van der Waals surface area contributed by atoms with E-state index in [0.29, 0.717) is 11.8 Å². The lowest BCUT2D eigenvalue weighted by atomic mass is 10.0. The van der Waals surface area contributed by atoms with E-state index in [1.54, 1.807) is 25.6 Å². The highest BCUT2D eigenvalue weighted by Gasteiger charge is 2.40. The van der Waals surface area contributed by atoms with Crippen LogP contribution in [0, 0.1) is 25.7 Å². The monoisotopic (exact) mass is 406 g/mol. The van der Waals surface area contributed by atoms with Gasteiger partial charge in [-0.25, -0.2) is 19.3 Å². The first-order valence-electron chi connectivity index (χ1n) is 10.3. The van der Waals surface area contributed by atoms with Crippen LogP contribution in [0.2, 0.25) is 0 Å². The van der Waals surface area contributed by atoms with Crippen molar-refractivity contribution in [3.8, 4) is 5.82 Å². The molecule has 3 aromatic rings. The fourth-order valence-corrected chi connectivity index (χ4v) is 4.74. The quantitative estimate of drug-likeness (QED) is 0.637. The summed E-state index contributed by atoms with van der Waals surface area (Å²) in [6.07, 6.45) is 3.42. The van der Waals surface area contributed by atoms with Crippen LogP contribution >= 0.6 is 0 Å². The van der Waals surface area contributed by atoms with Crippen molar-refractivity contribution in [2.75, 3.05) is 31.1 Å². The summed E-state index contributed by atoms with van der Waals surface area (Å²) < 4.78 is 3.24. The lowest BCUT2D eigenvalue weighted by Gasteiger charge is -2.22. The third-order valence-corrected chi connectivity index (χ3v) is 6.18. The molecule has 0 amide bonds. The van der Waals surface area contributed by atoms with Gasteiger partial charge < -0.3 is 4.90 Å². The van der Waals surface area contributed by atoms with Gasteiger partial charge in [0.25, 0.3) is 5.56 Å². The molecule has 2 unspecified atom stereocenters. The first-order chi connectivity index (χ1) is 14.5. The molecular weight excluding hydrogens is 380 g/mol. The van der Waals surface area contributed by atoms with Gasteiger partial charge in [-0.3, -0.25) is 9.69 Å². The molecule has 2 fully saturated rings. The number of anilines is 1. The summed E-state index contributed by atoms with van der Waals surface area (Å²) in [7, 11) is 1.67. The van der Waals surface area contributed by atoms with Crippen LogP contribution in [-0.4, -0.2) is 60.6 Å². The van der Waals surface area contributed by atoms with Crippen LogP contribution in [0.3, 0.4) is 0 Å². The minimum atomic E-state index is -0.0553. The summed E-state index contributed by atoms with van der Waals surface area (Å²) in [5.41, 5.74) is 2.98. The van der Waals surface area contributed by atoms with Crippen molar-refractivity contribution in [2.24, 2.45) is 18.9 Å². The van der Waals surface area contributed by atoms with Crippen LogP contribution in [0.15, 0.2) is 35.5 Å². The number of nitrogens with zero attached hydrogens (tertiary/aromatic N) is 8. The van der Waals surface area contributed by atoms with Crippen molar-refractivity contribution in [1.82, 2.24) is 34.4 Å². The van der Waals surface area contributed by atoms with E-state index in [0.717, 1.165) is 61.3 Å². The fourth-order valence-electron chi connectivity index (χ4n) is 4.74. The van der Waals surface area contributed by atoms with Crippen LogP contribution in [0.1, 0.15) is 17.0 Å². The first kappa shape index (κ1) is 18.9. The highest BCUT2D eigenvalue weighted by molar-refractivity contribution is 5.45. The van der Waals surface area contributed by atoms with Crippen molar-refractivity contribution >= 4 is 5.82 Å². The number of fused-ring (bicyclic) bond motifs is 1. The normalized spacial score (nSPS) is 21.4. The Bertz CT molecular complexity index is 1120. The zero-order valence-corrected chi connectivity index (χ0v) is 17.6. The molecule has 0 aromatic carbocycles. The largest absolute Gasteiger partial charge is 0.356 e. The Morgan fingerprint density at radius 3 is 2.40 bits per heavy atom. The van der Waals surface area contributed by atoms with Gasteiger partial charge in [0.1, 0.15) is 12.1 Å². The van der Waals surface area contributed by atoms with Gasteiger partial charge in [-0.2, -0.15) is 10.2 Å². The van der Waals surface area contributed by atoms with E-state index in [1.165, 1.54) is 4.68 Å². The average molecular weight is 406 g/mol. The summed E-state index contributed by atoms with van der Waals surface area (Å²) in [5, 5.41) is 8.67. The van der Waals surface area contributed by atoms with Gasteiger partial charge in [-0.05, 0) is 37.3 Å². The molecule has 9 nitrogen and oxygen atoms in total. The van der Waals surface area contributed by atoms with E-state index < -0.39 is 0 Å². The molecular formula is C21H26N8O. The molecule has 2 atom stereocenters. The average Bonchev–Trinajstić information content (AvgIpc) is 3.37. The topological polar surface area (TPSA) is 85.0 Å². The number of rotatable bonds is 4. The molecule has 0 aliphatic carbocycles. The Morgan fingerprint density at radius 2 is 1.73 bits per heavy atom. The van der Waals surface area contributed by atoms with Crippen molar-refractivity contribution in [3.63, 3.8) is 0 Å². The number of hydrogen-bond acceptors (Lipinski definition) is 7. The molecule has 30 heavy (non-hydrogen) atoms. The lowest BCUT2D eigenvalue weighted by Crippen LogP contribution is -2.30. The molecule has 0 radical (unpaired) electrons. The molecule has 2 aliphatic rings. The summed E-state index contributed by atoms with van der Waals surface area (Å²) in [4.78, 5) is 25.6. The first-order valence-corrected chi connectivity index (χ1v) is 10.3. The Morgan fingerprint density at radius 1 is 1.00 bits per heavy atom. The van der Waals surface area contributed by atoms with Crippen LogP contribution < -0.4 is 10.5 Å². The second-order valence-electron chi connectivity index (χ2n) is 8.52. The number of likely N-dealkylation sites (tertiary alicyclic amines) is 1. The van der Waals surface area contributed by atoms with Crippen LogP contribution in [0.5, 0.6) is 0 Å². The third kappa shape index (κ3) is 3.49. The van der Waals surface area contributed by atoms with Gasteiger partial charge in [-0.15, -0.1) is 0 Å². The highest BCUT2D eigenvalue weighted by atomic mass is 16.1. The van der Waals surface area contributed by atoms with Crippen molar-refractivity contribution in [1.29, 1.82) is 0 Å². The number of hydrogen-bond donors (Lipinski definition) is 0. The van der Waals surface area contributed by atoms with Crippen LogP contribution in [0.4, 0.5) is 5.82 Å². The second-order valence-corrected chi connectivity index (χ2v) is 8.52. The molecule has 2 aliphatic heterocycles. The van der Waals surface area contributed by atoms with Crippen LogP contribution in [-0.2, 0) is 13.6 Å². The van der Waals surface area contributed by atoms with E-state index in [2.05, 4.69) is 36.0 Å². The summed E-state index contributed by atoms with van der Waals surface area (Å²) >= 11 is 0. The Hall–Kier alpha value is -3.07. The molecule has 0 bridgehead atoms. The number of aryl methyl sites for hydroxylation is 3. The molecule has 2 saturated heterocycles. The smallest absolute Gasteiger partial charge is 0.266 e. The SMILES string of the molecule is Cc1cc(C)n(-c2cc(N3CC4CN(Cc5cnn(C)c(=O)c5)CC4C3)ncn2)n1. The van der Waals surface area contributed by atoms with Gasteiger partial charge in [0, 0.05) is 57.6 Å². The van der Waals surface area contributed by atoms with Gasteiger partial charge in [0.2, 0.25) is 0 Å². The van der Waals surface area contributed by atoms with E-state index in [9.17, 15) is 4.79 Å². The zero-order valence-electron chi connectivity index (χ0n) is 17.6. The Labute approximate surface area is 175 Å². The molecule has 3 aromatic heterocycles. The van der Waals surface area contributed by atoms with Crippen molar-refractivity contribution in [2.45, 2.75) is 20.4 Å². The molecule has 9 heteroatoms. The lowest BCUT2D eigenvalue weighted by molar-refractivity contribution is 0.307. The van der Waals surface area contributed by atoms with E-state index in [1.807, 2.05) is 24.6 Å². The maximum Gasteiger partial charge on any atom is 0.266 e. The third-order valence-electron chi connectivity index (χ3n) is 6.18. The van der Waals surface area contributed by atoms with Gasteiger partial charge in [0.05, 0.1) is 11.9 Å². The molecule has 156 valence electrons. The minimum Gasteiger partial charge on any atom is -0.356 e. The van der Waals surface area contributed by atoms with E-state index in [4.69, 9.17) is 0 Å². The maximum absolute atomic E-state index is 11.8. The zero-order chi connectivity index (χ0) is 20.8. The summed E-state index contributed by atoms with van der Waals surface area (Å²) in [5.74, 6) is 2.99. The summed E-state index contributed by atoms with van der Waals surface area (Å²) in [6, 6.07) is 5.77. The fraction of sp³-hybridized carbons (Fsp3) is 0.476. The van der Waals surface area contributed by atoms with E-state index >= 15 is 0 Å². The van der Waals surface area contributed by atoms with Crippen molar-refractivity contribution < 1.29 is 0 Å². The van der Waals surface area contributed by atoms with Gasteiger partial charge >= 0.3 is 0 Å². The highest BCUT2D eigenvalue weighted by Crippen LogP contribution is 2.34. The molecule has 5 rings (SSSR count). The van der Waals surface area contributed by atoms with E-state index in [-0.39, 0.29) is 5.56 Å². The molecule has 5 heterocycles. The predicted molar refractivity (Wildman–Crippen MR) is 113 cm³/mol. The Balaban J connectivity index is 1.26.